The van der Waals surface area contributed by atoms with E-state index < -0.39 is 6.10 Å². The van der Waals surface area contributed by atoms with Gasteiger partial charge in [0.1, 0.15) is 13.2 Å². The number of ether oxygens (including phenoxy) is 3. The normalized spacial score (nSPS) is 12.4. The first kappa shape index (κ1) is 77.1. The van der Waals surface area contributed by atoms with Crippen molar-refractivity contribution in [1.82, 2.24) is 0 Å². The van der Waals surface area contributed by atoms with Crippen LogP contribution < -0.4 is 0 Å². The highest BCUT2D eigenvalue weighted by molar-refractivity contribution is 5.71. The van der Waals surface area contributed by atoms with Crippen molar-refractivity contribution in [3.63, 3.8) is 0 Å². The second-order valence-electron chi connectivity index (χ2n) is 23.8. The van der Waals surface area contributed by atoms with Gasteiger partial charge in [-0.05, 0) is 64.2 Å². The van der Waals surface area contributed by atoms with Crippen LogP contribution in [0.1, 0.15) is 374 Å². The van der Waals surface area contributed by atoms with Crippen LogP contribution in [0.3, 0.4) is 0 Å². The number of unbranched alkanes of at least 4 members (excludes halogenated alkanes) is 44. The zero-order chi connectivity index (χ0) is 57.8. The molecule has 0 bridgehead atoms. The number of carbonyl (C=O) groups excluding carboxylic acids is 3. The Morgan fingerprint density at radius 3 is 0.762 bits per heavy atom. The van der Waals surface area contributed by atoms with Gasteiger partial charge < -0.3 is 14.2 Å². The number of hydrogen-bond acceptors (Lipinski definition) is 6. The Hall–Kier alpha value is -2.89. The lowest BCUT2D eigenvalue weighted by atomic mass is 10.0. The van der Waals surface area contributed by atoms with Gasteiger partial charge in [0, 0.05) is 19.3 Å². The summed E-state index contributed by atoms with van der Waals surface area (Å²) in [6.07, 6.45) is 88.4. The molecule has 0 aliphatic heterocycles. The van der Waals surface area contributed by atoms with Gasteiger partial charge >= 0.3 is 17.9 Å². The van der Waals surface area contributed by atoms with Crippen LogP contribution >= 0.6 is 0 Å². The van der Waals surface area contributed by atoms with E-state index in [0.29, 0.717) is 19.3 Å². The Labute approximate surface area is 498 Å². The lowest BCUT2D eigenvalue weighted by Gasteiger charge is -2.18. The van der Waals surface area contributed by atoms with E-state index in [1.165, 1.54) is 238 Å². The predicted octanol–water partition coefficient (Wildman–Crippen LogP) is 24.3. The molecule has 1 unspecified atom stereocenters. The van der Waals surface area contributed by atoms with Crippen molar-refractivity contribution >= 4 is 17.9 Å². The molecular formula is C74H134O6. The average Bonchev–Trinajstić information content (AvgIpc) is 3.46. The fourth-order valence-electron chi connectivity index (χ4n) is 10.5. The largest absolute Gasteiger partial charge is 0.462 e. The number of carbonyl (C=O) groups is 3. The van der Waals surface area contributed by atoms with Gasteiger partial charge in [0.15, 0.2) is 6.10 Å². The maximum Gasteiger partial charge on any atom is 0.306 e. The summed E-state index contributed by atoms with van der Waals surface area (Å²) in [5.74, 6) is -0.865. The van der Waals surface area contributed by atoms with Gasteiger partial charge in [0.2, 0.25) is 0 Å². The van der Waals surface area contributed by atoms with E-state index in [-0.39, 0.29) is 31.1 Å². The number of hydrogen-bond donors (Lipinski definition) is 0. The summed E-state index contributed by atoms with van der Waals surface area (Å²) in [6, 6.07) is 0. The first-order valence-electron chi connectivity index (χ1n) is 35.3. The molecule has 0 aliphatic carbocycles. The summed E-state index contributed by atoms with van der Waals surface area (Å²) < 4.78 is 16.9. The van der Waals surface area contributed by atoms with E-state index in [2.05, 4.69) is 81.5 Å². The summed E-state index contributed by atoms with van der Waals surface area (Å²) >= 11 is 0. The van der Waals surface area contributed by atoms with E-state index in [1.807, 2.05) is 0 Å². The van der Waals surface area contributed by atoms with E-state index in [4.69, 9.17) is 14.2 Å². The van der Waals surface area contributed by atoms with Gasteiger partial charge in [-0.3, -0.25) is 14.4 Å². The topological polar surface area (TPSA) is 78.9 Å². The van der Waals surface area contributed by atoms with Crippen LogP contribution in [0.5, 0.6) is 0 Å². The van der Waals surface area contributed by atoms with Crippen molar-refractivity contribution in [2.75, 3.05) is 13.2 Å². The fraction of sp³-hybridized carbons (Fsp3) is 0.824. The number of allylic oxidation sites excluding steroid dienone is 10. The van der Waals surface area contributed by atoms with E-state index in [1.54, 1.807) is 0 Å². The van der Waals surface area contributed by atoms with Crippen LogP contribution in [-0.4, -0.2) is 37.2 Å². The van der Waals surface area contributed by atoms with E-state index >= 15 is 0 Å². The minimum absolute atomic E-state index is 0.0741. The molecule has 0 radical (unpaired) electrons. The zero-order valence-corrected chi connectivity index (χ0v) is 53.6. The number of esters is 3. The van der Waals surface area contributed by atoms with Crippen molar-refractivity contribution in [2.24, 2.45) is 0 Å². The second-order valence-corrected chi connectivity index (χ2v) is 23.8. The number of rotatable bonds is 65. The van der Waals surface area contributed by atoms with E-state index in [9.17, 15) is 14.4 Å². The molecule has 0 N–H and O–H groups in total. The third kappa shape index (κ3) is 65.9. The summed E-state index contributed by atoms with van der Waals surface area (Å²) in [5, 5.41) is 0. The van der Waals surface area contributed by atoms with Gasteiger partial charge in [0.05, 0.1) is 0 Å². The Bertz CT molecular complexity index is 1430. The molecule has 0 spiro atoms. The highest BCUT2D eigenvalue weighted by Gasteiger charge is 2.19. The molecule has 6 heteroatoms. The molecule has 80 heavy (non-hydrogen) atoms. The van der Waals surface area contributed by atoms with Gasteiger partial charge in [-0.15, -0.1) is 0 Å². The van der Waals surface area contributed by atoms with Crippen LogP contribution in [0.15, 0.2) is 60.8 Å². The third-order valence-corrected chi connectivity index (χ3v) is 15.8. The molecule has 0 fully saturated rings. The van der Waals surface area contributed by atoms with Gasteiger partial charge in [0.25, 0.3) is 0 Å². The molecule has 0 aromatic heterocycles. The molecule has 0 saturated heterocycles. The summed E-state index contributed by atoms with van der Waals surface area (Å²) in [4.78, 5) is 38.3. The summed E-state index contributed by atoms with van der Waals surface area (Å²) in [6.45, 7) is 6.56. The average molecular weight is 1120 g/mol. The van der Waals surface area contributed by atoms with Crippen LogP contribution in [0, 0.1) is 0 Å². The first-order chi connectivity index (χ1) is 39.5. The molecule has 0 aromatic rings. The van der Waals surface area contributed by atoms with Crippen LogP contribution in [0.2, 0.25) is 0 Å². The van der Waals surface area contributed by atoms with Crippen molar-refractivity contribution in [2.45, 2.75) is 380 Å². The van der Waals surface area contributed by atoms with Gasteiger partial charge in [-0.1, -0.05) is 351 Å². The second kappa shape index (κ2) is 68.6. The van der Waals surface area contributed by atoms with Crippen molar-refractivity contribution in [3.8, 4) is 0 Å². The highest BCUT2D eigenvalue weighted by atomic mass is 16.6. The molecule has 0 aliphatic rings. The highest BCUT2D eigenvalue weighted by Crippen LogP contribution is 2.18. The third-order valence-electron chi connectivity index (χ3n) is 15.8. The van der Waals surface area contributed by atoms with Crippen molar-refractivity contribution in [1.29, 1.82) is 0 Å². The monoisotopic (exact) mass is 1120 g/mol. The molecule has 6 nitrogen and oxygen atoms in total. The molecule has 466 valence electrons. The quantitative estimate of drug-likeness (QED) is 0.0261. The maximum atomic E-state index is 12.9. The summed E-state index contributed by atoms with van der Waals surface area (Å²) in [5.41, 5.74) is 0. The van der Waals surface area contributed by atoms with Crippen molar-refractivity contribution in [3.05, 3.63) is 60.8 Å². The Kier molecular flexibility index (Phi) is 66.1. The molecule has 0 rings (SSSR count). The van der Waals surface area contributed by atoms with Crippen LogP contribution in [0.4, 0.5) is 0 Å². The first-order valence-corrected chi connectivity index (χ1v) is 35.3. The Balaban J connectivity index is 4.15. The van der Waals surface area contributed by atoms with Gasteiger partial charge in [-0.2, -0.15) is 0 Å². The molecule has 0 amide bonds. The fourth-order valence-corrected chi connectivity index (χ4v) is 10.5. The maximum absolute atomic E-state index is 12.9. The lowest BCUT2D eigenvalue weighted by molar-refractivity contribution is -0.167. The standard InChI is InChI=1S/C74H134O6/c1-4-7-10-13-16-19-22-24-26-28-30-32-34-35-36-37-38-39-41-42-44-46-48-50-52-55-58-61-64-67-73(76)79-70-71(69-78-72(75)66-63-60-57-54-21-18-15-12-9-6-3)80-74(77)68-65-62-59-56-53-51-49-47-45-43-40-33-31-29-27-25-23-20-17-14-11-8-5-2/h8,11,17,20,25,27,31,33,43,45,71H,4-7,9-10,12-16,18-19,21-24,26,28-30,32,34-42,44,46-70H2,1-3H3/b11-8-,20-17-,27-25-,33-31-,45-43-. The Morgan fingerprint density at radius 2 is 0.487 bits per heavy atom. The minimum Gasteiger partial charge on any atom is -0.462 e. The Morgan fingerprint density at radius 1 is 0.263 bits per heavy atom. The lowest BCUT2D eigenvalue weighted by Crippen LogP contribution is -2.30. The van der Waals surface area contributed by atoms with Crippen molar-refractivity contribution < 1.29 is 28.6 Å². The van der Waals surface area contributed by atoms with Crippen LogP contribution in [-0.2, 0) is 28.6 Å². The smallest absolute Gasteiger partial charge is 0.306 e. The minimum atomic E-state index is -0.778. The van der Waals surface area contributed by atoms with E-state index in [0.717, 1.165) is 96.3 Å². The molecule has 0 aromatic carbocycles. The molecule has 1 atom stereocenters. The summed E-state index contributed by atoms with van der Waals surface area (Å²) in [7, 11) is 0. The molecular weight excluding hydrogens is 985 g/mol. The molecule has 0 saturated carbocycles. The SMILES string of the molecule is CC/C=C\C/C=C\C/C=C\C/C=C\C/C=C\CCCCCCCCCC(=O)OC(COC(=O)CCCCCCCCCCCC)COC(=O)CCCCCCCCCCCCCCCCCCCCCCCCCCCCCCC. The van der Waals surface area contributed by atoms with Gasteiger partial charge in [-0.25, -0.2) is 0 Å². The predicted molar refractivity (Wildman–Crippen MR) is 348 cm³/mol. The molecule has 0 heterocycles. The van der Waals surface area contributed by atoms with Crippen LogP contribution in [0.25, 0.3) is 0 Å². The zero-order valence-electron chi connectivity index (χ0n) is 53.6.